The lowest BCUT2D eigenvalue weighted by Gasteiger charge is -2.20. The zero-order chi connectivity index (χ0) is 27.4. The first-order chi connectivity index (χ1) is 18.2. The second-order valence-electron chi connectivity index (χ2n) is 8.84. The smallest absolute Gasteiger partial charge is 0.259 e. The van der Waals surface area contributed by atoms with Gasteiger partial charge >= 0.3 is 0 Å². The van der Waals surface area contributed by atoms with Crippen molar-refractivity contribution >= 4 is 23.1 Å². The van der Waals surface area contributed by atoms with Gasteiger partial charge in [-0.1, -0.05) is 24.3 Å². The van der Waals surface area contributed by atoms with Gasteiger partial charge in [-0.15, -0.1) is 0 Å². The molecule has 196 valence electrons. The molecule has 0 radical (unpaired) electrons. The summed E-state index contributed by atoms with van der Waals surface area (Å²) < 4.78 is 27.3. The van der Waals surface area contributed by atoms with Crippen LogP contribution in [-0.2, 0) is 13.6 Å². The van der Waals surface area contributed by atoms with Crippen molar-refractivity contribution in [3.63, 3.8) is 0 Å². The summed E-state index contributed by atoms with van der Waals surface area (Å²) in [6.07, 6.45) is 0. The van der Waals surface area contributed by atoms with E-state index in [0.29, 0.717) is 22.7 Å². The number of anilines is 3. The lowest BCUT2D eigenvalue weighted by atomic mass is 10.1. The molecule has 1 aromatic heterocycles. The molecule has 0 atom stereocenters. The summed E-state index contributed by atoms with van der Waals surface area (Å²) in [5.74, 6) is 0.101. The lowest BCUT2D eigenvalue weighted by Crippen LogP contribution is -2.29. The van der Waals surface area contributed by atoms with Gasteiger partial charge in [0.05, 0.1) is 12.8 Å². The Morgan fingerprint density at radius 2 is 1.76 bits per heavy atom. The van der Waals surface area contributed by atoms with Crippen LogP contribution in [0.1, 0.15) is 27.0 Å². The molecule has 3 aromatic carbocycles. The Labute approximate surface area is 219 Å². The number of aromatic nitrogens is 1. The van der Waals surface area contributed by atoms with Gasteiger partial charge in [-0.3, -0.25) is 14.2 Å². The molecule has 38 heavy (non-hydrogen) atoms. The number of benzene rings is 3. The summed E-state index contributed by atoms with van der Waals surface area (Å²) in [6.45, 7) is 3.74. The summed E-state index contributed by atoms with van der Waals surface area (Å²) in [5.41, 5.74) is 8.42. The average Bonchev–Trinajstić information content (AvgIpc) is 2.90. The van der Waals surface area contributed by atoms with Crippen molar-refractivity contribution < 1.29 is 18.7 Å². The fourth-order valence-electron chi connectivity index (χ4n) is 3.85. The van der Waals surface area contributed by atoms with Crippen LogP contribution in [0, 0.1) is 19.7 Å². The zero-order valence-corrected chi connectivity index (χ0v) is 21.6. The minimum Gasteiger partial charge on any atom is -0.497 e. The molecule has 0 fully saturated rings. The highest BCUT2D eigenvalue weighted by molar-refractivity contribution is 6.02. The molecule has 9 heteroatoms. The molecule has 0 saturated heterocycles. The predicted octanol–water partition coefficient (Wildman–Crippen LogP) is 5.20. The third-order valence-electron chi connectivity index (χ3n) is 6.17. The van der Waals surface area contributed by atoms with E-state index in [4.69, 9.17) is 15.2 Å². The molecule has 0 bridgehead atoms. The average molecular weight is 517 g/mol. The Morgan fingerprint density at radius 1 is 1.03 bits per heavy atom. The van der Waals surface area contributed by atoms with Gasteiger partial charge in [0.25, 0.3) is 11.5 Å². The van der Waals surface area contributed by atoms with Crippen LogP contribution >= 0.6 is 0 Å². The van der Waals surface area contributed by atoms with Gasteiger partial charge < -0.3 is 25.8 Å². The van der Waals surface area contributed by atoms with Crippen molar-refractivity contribution in [2.24, 2.45) is 7.05 Å². The Kier molecular flexibility index (Phi) is 7.66. The van der Waals surface area contributed by atoms with Gasteiger partial charge in [0.2, 0.25) is 0 Å². The van der Waals surface area contributed by atoms with Gasteiger partial charge in [-0.2, -0.15) is 0 Å². The summed E-state index contributed by atoms with van der Waals surface area (Å²) >= 11 is 0. The number of nitrogen functional groups attached to an aromatic ring is 1. The highest BCUT2D eigenvalue weighted by Crippen LogP contribution is 2.34. The molecule has 4 aromatic rings. The number of ether oxygens (including phenoxy) is 2. The SMILES string of the molecule is COc1ccc(CNC(=O)c2c(Oc3cccc(N)c3C)cc(=O)n(C)c2Nc2ccc(C)cc2F)cc1. The second-order valence-corrected chi connectivity index (χ2v) is 8.84. The monoisotopic (exact) mass is 516 g/mol. The second kappa shape index (κ2) is 11.1. The van der Waals surface area contributed by atoms with Gasteiger partial charge in [-0.25, -0.2) is 4.39 Å². The highest BCUT2D eigenvalue weighted by atomic mass is 19.1. The van der Waals surface area contributed by atoms with Crippen molar-refractivity contribution in [1.82, 2.24) is 9.88 Å². The summed E-state index contributed by atoms with van der Waals surface area (Å²) in [6, 6.07) is 18.2. The predicted molar refractivity (Wildman–Crippen MR) is 146 cm³/mol. The summed E-state index contributed by atoms with van der Waals surface area (Å²) in [7, 11) is 3.07. The van der Waals surface area contributed by atoms with Gasteiger partial charge in [0, 0.05) is 30.9 Å². The molecule has 0 saturated carbocycles. The molecular weight excluding hydrogens is 487 g/mol. The number of hydrogen-bond donors (Lipinski definition) is 3. The van der Waals surface area contributed by atoms with Crippen LogP contribution in [-0.4, -0.2) is 17.6 Å². The zero-order valence-electron chi connectivity index (χ0n) is 21.6. The van der Waals surface area contributed by atoms with E-state index in [0.717, 1.165) is 11.1 Å². The number of hydrogen-bond acceptors (Lipinski definition) is 6. The Hall–Kier alpha value is -4.79. The van der Waals surface area contributed by atoms with Crippen LogP contribution in [0.25, 0.3) is 0 Å². The van der Waals surface area contributed by atoms with Crippen LogP contribution in [0.15, 0.2) is 71.5 Å². The molecule has 0 aliphatic rings. The molecule has 8 nitrogen and oxygen atoms in total. The van der Waals surface area contributed by atoms with Gasteiger partial charge in [0.1, 0.15) is 34.4 Å². The highest BCUT2D eigenvalue weighted by Gasteiger charge is 2.24. The number of nitrogens with zero attached hydrogens (tertiary/aromatic N) is 1. The van der Waals surface area contributed by atoms with Crippen molar-refractivity contribution in [3.8, 4) is 17.2 Å². The molecule has 0 spiro atoms. The molecule has 0 aliphatic carbocycles. The number of amides is 1. The number of nitrogens with one attached hydrogen (secondary N) is 2. The third kappa shape index (κ3) is 5.62. The van der Waals surface area contributed by atoms with Crippen molar-refractivity contribution in [2.45, 2.75) is 20.4 Å². The normalized spacial score (nSPS) is 10.7. The molecule has 0 unspecified atom stereocenters. The number of nitrogens with two attached hydrogens (primary N) is 1. The molecule has 0 aliphatic heterocycles. The van der Waals surface area contributed by atoms with E-state index in [9.17, 15) is 14.0 Å². The maximum Gasteiger partial charge on any atom is 0.259 e. The maximum atomic E-state index is 14.8. The molecule has 1 amide bonds. The topological polar surface area (TPSA) is 108 Å². The third-order valence-corrected chi connectivity index (χ3v) is 6.17. The van der Waals surface area contributed by atoms with Crippen LogP contribution in [0.4, 0.5) is 21.6 Å². The molecule has 1 heterocycles. The standard InChI is InChI=1S/C29H29FN4O4/c1-17-8-13-23(21(30)14-17)33-28-27(29(36)32-16-19-9-11-20(37-4)12-10-19)25(15-26(35)34(28)3)38-24-7-5-6-22(31)18(24)2/h5-15,33H,16,31H2,1-4H3,(H,32,36). The molecule has 4 N–H and O–H groups in total. The Bertz CT molecular complexity index is 1550. The van der Waals surface area contributed by atoms with Gasteiger partial charge in [0.15, 0.2) is 0 Å². The van der Waals surface area contributed by atoms with Crippen LogP contribution in [0.3, 0.4) is 0 Å². The fourth-order valence-corrected chi connectivity index (χ4v) is 3.85. The number of pyridine rings is 1. The summed E-state index contributed by atoms with van der Waals surface area (Å²) in [4.78, 5) is 26.6. The minimum atomic E-state index is -0.528. The quantitative estimate of drug-likeness (QED) is 0.278. The Balaban J connectivity index is 1.79. The number of carbonyl (C=O) groups excluding carboxylic acids is 1. The van der Waals surface area contributed by atoms with Gasteiger partial charge in [-0.05, 0) is 61.4 Å². The van der Waals surface area contributed by atoms with E-state index in [1.165, 1.54) is 23.7 Å². The lowest BCUT2D eigenvalue weighted by molar-refractivity contribution is 0.0948. The number of carbonyl (C=O) groups is 1. The van der Waals surface area contributed by atoms with E-state index in [-0.39, 0.29) is 29.4 Å². The largest absolute Gasteiger partial charge is 0.497 e. The maximum absolute atomic E-state index is 14.8. The van der Waals surface area contributed by atoms with Crippen molar-refractivity contribution in [3.05, 3.63) is 105 Å². The number of halogens is 1. The van der Waals surface area contributed by atoms with E-state index in [1.807, 2.05) is 12.1 Å². The number of aryl methyl sites for hydroxylation is 1. The van der Waals surface area contributed by atoms with E-state index < -0.39 is 17.3 Å². The van der Waals surface area contributed by atoms with Crippen LogP contribution in [0.5, 0.6) is 17.2 Å². The Morgan fingerprint density at radius 3 is 2.45 bits per heavy atom. The van der Waals surface area contributed by atoms with Crippen molar-refractivity contribution in [1.29, 1.82) is 0 Å². The minimum absolute atomic E-state index is 0.00375. The first kappa shape index (κ1) is 26.3. The summed E-state index contributed by atoms with van der Waals surface area (Å²) in [5, 5.41) is 5.80. The molecular formula is C29H29FN4O4. The van der Waals surface area contributed by atoms with E-state index in [2.05, 4.69) is 10.6 Å². The number of methoxy groups -OCH3 is 1. The molecule has 4 rings (SSSR count). The van der Waals surface area contributed by atoms with Crippen LogP contribution in [0.2, 0.25) is 0 Å². The first-order valence-corrected chi connectivity index (χ1v) is 11.9. The van der Waals surface area contributed by atoms with E-state index in [1.54, 1.807) is 63.4 Å². The first-order valence-electron chi connectivity index (χ1n) is 11.9. The van der Waals surface area contributed by atoms with E-state index >= 15 is 0 Å². The number of rotatable bonds is 8. The fraction of sp³-hybridized carbons (Fsp3) is 0.172. The van der Waals surface area contributed by atoms with Crippen LogP contribution < -0.4 is 31.4 Å². The van der Waals surface area contributed by atoms with Crippen molar-refractivity contribution in [2.75, 3.05) is 18.2 Å².